The molecular formula is C17H12N4O2. The van der Waals surface area contributed by atoms with Crippen LogP contribution < -0.4 is 0 Å². The van der Waals surface area contributed by atoms with Crippen LogP contribution in [0.2, 0.25) is 0 Å². The Kier molecular flexibility index (Phi) is 3.20. The van der Waals surface area contributed by atoms with E-state index in [1.807, 2.05) is 55.5 Å². The maximum atomic E-state index is 5.77. The Morgan fingerprint density at radius 1 is 0.870 bits per heavy atom. The first-order chi connectivity index (χ1) is 11.3. The number of rotatable bonds is 3. The van der Waals surface area contributed by atoms with Gasteiger partial charge in [0, 0.05) is 11.8 Å². The van der Waals surface area contributed by atoms with Crippen LogP contribution in [0, 0.1) is 6.92 Å². The zero-order valence-corrected chi connectivity index (χ0v) is 12.3. The fourth-order valence-corrected chi connectivity index (χ4v) is 2.33. The second kappa shape index (κ2) is 5.49. The van der Waals surface area contributed by atoms with E-state index in [2.05, 4.69) is 20.3 Å². The van der Waals surface area contributed by atoms with Gasteiger partial charge in [-0.3, -0.25) is 4.98 Å². The summed E-state index contributed by atoms with van der Waals surface area (Å²) in [6, 6.07) is 15.3. The molecule has 0 amide bonds. The fourth-order valence-electron chi connectivity index (χ4n) is 2.33. The van der Waals surface area contributed by atoms with Crippen molar-refractivity contribution in [3.8, 4) is 34.3 Å². The van der Waals surface area contributed by atoms with Gasteiger partial charge in [0.1, 0.15) is 22.7 Å². The molecule has 112 valence electrons. The van der Waals surface area contributed by atoms with Gasteiger partial charge in [-0.05, 0) is 19.1 Å². The van der Waals surface area contributed by atoms with Crippen LogP contribution in [-0.2, 0) is 0 Å². The molecular weight excluding hydrogens is 292 g/mol. The molecule has 4 aromatic rings. The van der Waals surface area contributed by atoms with E-state index in [1.165, 1.54) is 0 Å². The molecule has 0 aliphatic heterocycles. The van der Waals surface area contributed by atoms with E-state index in [0.717, 1.165) is 5.56 Å². The van der Waals surface area contributed by atoms with Gasteiger partial charge in [0.15, 0.2) is 0 Å². The van der Waals surface area contributed by atoms with E-state index in [-0.39, 0.29) is 0 Å². The van der Waals surface area contributed by atoms with E-state index < -0.39 is 0 Å². The van der Waals surface area contributed by atoms with Gasteiger partial charge in [-0.25, -0.2) is 0 Å². The topological polar surface area (TPSA) is 77.8 Å². The second-order valence-electron chi connectivity index (χ2n) is 4.96. The third-order valence-corrected chi connectivity index (χ3v) is 3.43. The molecule has 6 heteroatoms. The van der Waals surface area contributed by atoms with E-state index in [9.17, 15) is 0 Å². The number of benzene rings is 1. The molecule has 1 aromatic carbocycles. The van der Waals surface area contributed by atoms with Gasteiger partial charge in [-0.2, -0.15) is 0 Å². The highest BCUT2D eigenvalue weighted by Gasteiger charge is 2.22. The Morgan fingerprint density at radius 3 is 2.43 bits per heavy atom. The molecule has 3 heterocycles. The molecule has 0 bridgehead atoms. The van der Waals surface area contributed by atoms with Gasteiger partial charge in [0.2, 0.25) is 0 Å². The van der Waals surface area contributed by atoms with Crippen LogP contribution in [0.3, 0.4) is 0 Å². The summed E-state index contributed by atoms with van der Waals surface area (Å²) in [5.74, 6) is 1.35. The van der Waals surface area contributed by atoms with Crippen molar-refractivity contribution in [3.63, 3.8) is 0 Å². The lowest BCUT2D eigenvalue weighted by atomic mass is 10.1. The minimum absolute atomic E-state index is 0.361. The van der Waals surface area contributed by atoms with E-state index in [0.29, 0.717) is 34.5 Å². The highest BCUT2D eigenvalue weighted by molar-refractivity contribution is 5.77. The smallest absolute Gasteiger partial charge is 0.266 e. The van der Waals surface area contributed by atoms with Crippen LogP contribution in [0.1, 0.15) is 5.76 Å². The first kappa shape index (κ1) is 13.4. The summed E-state index contributed by atoms with van der Waals surface area (Å²) in [6.07, 6.45) is 1.68. The Hall–Kier alpha value is -3.28. The lowest BCUT2D eigenvalue weighted by Crippen LogP contribution is -1.84. The molecule has 4 rings (SSSR count). The average Bonchev–Trinajstić information content (AvgIpc) is 3.23. The van der Waals surface area contributed by atoms with Crippen LogP contribution in [0.25, 0.3) is 34.3 Å². The van der Waals surface area contributed by atoms with Crippen molar-refractivity contribution in [2.75, 3.05) is 0 Å². The van der Waals surface area contributed by atoms with Crippen LogP contribution in [-0.4, -0.2) is 20.3 Å². The molecule has 0 radical (unpaired) electrons. The first-order valence-electron chi connectivity index (χ1n) is 7.10. The molecule has 0 unspecified atom stereocenters. The van der Waals surface area contributed by atoms with Crippen LogP contribution in [0.5, 0.6) is 0 Å². The molecule has 0 saturated carbocycles. The molecule has 6 nitrogen and oxygen atoms in total. The quantitative estimate of drug-likeness (QED) is 0.573. The largest absolute Gasteiger partial charge is 0.414 e. The monoisotopic (exact) mass is 304 g/mol. The Morgan fingerprint density at radius 2 is 1.65 bits per heavy atom. The van der Waals surface area contributed by atoms with E-state index in [4.69, 9.17) is 8.94 Å². The normalized spacial score (nSPS) is 10.8. The second-order valence-corrected chi connectivity index (χ2v) is 4.96. The highest BCUT2D eigenvalue weighted by atomic mass is 16.5. The average molecular weight is 304 g/mol. The summed E-state index contributed by atoms with van der Waals surface area (Å²) < 4.78 is 11.1. The molecule has 3 aromatic heterocycles. The summed E-state index contributed by atoms with van der Waals surface area (Å²) in [5, 5.41) is 12.3. The summed E-state index contributed by atoms with van der Waals surface area (Å²) >= 11 is 0. The SMILES string of the molecule is Cc1onc(-c2ccccc2)c1-c1nnc(-c2ccccn2)o1. The van der Waals surface area contributed by atoms with Crippen molar-refractivity contribution in [2.24, 2.45) is 0 Å². The molecule has 0 aliphatic carbocycles. The van der Waals surface area contributed by atoms with Crippen molar-refractivity contribution >= 4 is 0 Å². The predicted octanol–water partition coefficient (Wildman–Crippen LogP) is 3.76. The van der Waals surface area contributed by atoms with Crippen molar-refractivity contribution < 1.29 is 8.94 Å². The van der Waals surface area contributed by atoms with Gasteiger partial charge in [-0.1, -0.05) is 41.6 Å². The summed E-state index contributed by atoms with van der Waals surface area (Å²) in [5.41, 5.74) is 2.93. The van der Waals surface area contributed by atoms with Crippen LogP contribution >= 0.6 is 0 Å². The highest BCUT2D eigenvalue weighted by Crippen LogP contribution is 2.34. The van der Waals surface area contributed by atoms with Gasteiger partial charge >= 0.3 is 0 Å². The zero-order valence-electron chi connectivity index (χ0n) is 12.3. The summed E-state index contributed by atoms with van der Waals surface area (Å²) in [6.45, 7) is 1.82. The third kappa shape index (κ3) is 2.40. The van der Waals surface area contributed by atoms with Gasteiger partial charge in [0.25, 0.3) is 11.8 Å². The van der Waals surface area contributed by atoms with Crippen LogP contribution in [0.4, 0.5) is 0 Å². The maximum absolute atomic E-state index is 5.77. The number of aryl methyl sites for hydroxylation is 1. The molecule has 0 N–H and O–H groups in total. The number of hydrogen-bond donors (Lipinski definition) is 0. The number of pyridine rings is 1. The van der Waals surface area contributed by atoms with E-state index in [1.54, 1.807) is 6.20 Å². The molecule has 0 spiro atoms. The van der Waals surface area contributed by atoms with Crippen molar-refractivity contribution in [2.45, 2.75) is 6.92 Å². The summed E-state index contributed by atoms with van der Waals surface area (Å²) in [7, 11) is 0. The Bertz CT molecular complexity index is 930. The Balaban J connectivity index is 1.81. The standard InChI is InChI=1S/C17H12N4O2/c1-11-14(15(21-23-11)12-7-3-2-4-8-12)17-20-19-16(22-17)13-9-5-6-10-18-13/h2-10H,1H3. The third-order valence-electron chi connectivity index (χ3n) is 3.43. The number of nitrogens with zero attached hydrogens (tertiary/aromatic N) is 4. The molecule has 0 fully saturated rings. The zero-order chi connectivity index (χ0) is 15.6. The van der Waals surface area contributed by atoms with E-state index >= 15 is 0 Å². The van der Waals surface area contributed by atoms with Crippen LogP contribution in [0.15, 0.2) is 63.7 Å². The van der Waals surface area contributed by atoms with Crippen molar-refractivity contribution in [1.82, 2.24) is 20.3 Å². The number of aromatic nitrogens is 4. The minimum Gasteiger partial charge on any atom is -0.414 e. The Labute approximate surface area is 131 Å². The fraction of sp³-hybridized carbons (Fsp3) is 0.0588. The molecule has 23 heavy (non-hydrogen) atoms. The van der Waals surface area contributed by atoms with Gasteiger partial charge in [0.05, 0.1) is 0 Å². The minimum atomic E-state index is 0.361. The van der Waals surface area contributed by atoms with Gasteiger partial charge < -0.3 is 8.94 Å². The summed E-state index contributed by atoms with van der Waals surface area (Å²) in [4.78, 5) is 4.21. The molecule has 0 aliphatic rings. The van der Waals surface area contributed by atoms with Crippen molar-refractivity contribution in [3.05, 3.63) is 60.5 Å². The number of hydrogen-bond acceptors (Lipinski definition) is 6. The molecule has 0 atom stereocenters. The predicted molar refractivity (Wildman–Crippen MR) is 83.2 cm³/mol. The van der Waals surface area contributed by atoms with Crippen molar-refractivity contribution in [1.29, 1.82) is 0 Å². The maximum Gasteiger partial charge on any atom is 0.266 e. The molecule has 0 saturated heterocycles. The lowest BCUT2D eigenvalue weighted by Gasteiger charge is -1.98. The van der Waals surface area contributed by atoms with Gasteiger partial charge in [-0.15, -0.1) is 10.2 Å². The first-order valence-corrected chi connectivity index (χ1v) is 7.10. The lowest BCUT2D eigenvalue weighted by molar-refractivity contribution is 0.399.